The van der Waals surface area contributed by atoms with E-state index in [4.69, 9.17) is 14.2 Å². The fraction of sp³-hybridized carbons (Fsp3) is 0.550. The number of morpholine rings is 1. The average molecular weight is 419 g/mol. The number of thioether (sulfide) groups is 1. The Morgan fingerprint density at radius 1 is 1.21 bits per heavy atom. The third kappa shape index (κ3) is 4.91. The zero-order valence-corrected chi connectivity index (χ0v) is 17.4. The number of hydrogen-bond acceptors (Lipinski definition) is 7. The van der Waals surface area contributed by atoms with Gasteiger partial charge < -0.3 is 19.1 Å². The van der Waals surface area contributed by atoms with E-state index in [1.807, 2.05) is 29.2 Å². The molecule has 0 aliphatic carbocycles. The first-order valence-corrected chi connectivity index (χ1v) is 10.9. The van der Waals surface area contributed by atoms with Crippen molar-refractivity contribution in [3.05, 3.63) is 24.3 Å². The van der Waals surface area contributed by atoms with E-state index in [0.717, 1.165) is 41.7 Å². The van der Waals surface area contributed by atoms with Gasteiger partial charge in [-0.3, -0.25) is 9.36 Å². The molecule has 0 N–H and O–H groups in total. The Balaban J connectivity index is 1.52. The third-order valence-electron chi connectivity index (χ3n) is 5.16. The molecule has 0 radical (unpaired) electrons. The number of ether oxygens (including phenoxy) is 3. The van der Waals surface area contributed by atoms with E-state index in [-0.39, 0.29) is 12.0 Å². The summed E-state index contributed by atoms with van der Waals surface area (Å²) in [6.45, 7) is 3.99. The summed E-state index contributed by atoms with van der Waals surface area (Å²) >= 11 is 1.43. The van der Waals surface area contributed by atoms with E-state index in [0.29, 0.717) is 38.6 Å². The van der Waals surface area contributed by atoms with Crippen molar-refractivity contribution in [3.8, 4) is 17.1 Å². The van der Waals surface area contributed by atoms with Crippen LogP contribution >= 0.6 is 11.8 Å². The number of carbonyl (C=O) groups excluding carboxylic acids is 1. The minimum atomic E-state index is 0.107. The molecule has 29 heavy (non-hydrogen) atoms. The molecule has 156 valence electrons. The van der Waals surface area contributed by atoms with Crippen LogP contribution in [-0.2, 0) is 20.8 Å². The minimum absolute atomic E-state index is 0.107. The summed E-state index contributed by atoms with van der Waals surface area (Å²) in [7, 11) is 1.65. The van der Waals surface area contributed by atoms with Crippen molar-refractivity contribution in [1.82, 2.24) is 19.7 Å². The quantitative estimate of drug-likeness (QED) is 0.637. The zero-order valence-electron chi connectivity index (χ0n) is 16.6. The smallest absolute Gasteiger partial charge is 0.233 e. The third-order valence-corrected chi connectivity index (χ3v) is 6.12. The number of carbonyl (C=O) groups is 1. The van der Waals surface area contributed by atoms with Gasteiger partial charge in [-0.15, -0.1) is 10.2 Å². The standard InChI is InChI=1S/C20H26N4O4S/c1-26-16-6-4-15(5-7-16)19-21-22-20(24(19)13-17-3-2-10-28-17)29-14-18(25)23-8-11-27-12-9-23/h4-7,17H,2-3,8-14H2,1H3/t17-/m1/s1. The van der Waals surface area contributed by atoms with Crippen LogP contribution in [0.5, 0.6) is 5.75 Å². The summed E-state index contributed by atoms with van der Waals surface area (Å²) < 4.78 is 18.5. The molecule has 3 heterocycles. The summed E-state index contributed by atoms with van der Waals surface area (Å²) in [5, 5.41) is 9.56. The predicted molar refractivity (Wildman–Crippen MR) is 109 cm³/mol. The number of hydrogen-bond donors (Lipinski definition) is 0. The molecule has 8 nitrogen and oxygen atoms in total. The normalized spacial score (nSPS) is 19.5. The molecule has 1 aromatic carbocycles. The van der Waals surface area contributed by atoms with E-state index in [1.165, 1.54) is 11.8 Å². The number of nitrogens with zero attached hydrogens (tertiary/aromatic N) is 4. The highest BCUT2D eigenvalue weighted by Gasteiger charge is 2.23. The Morgan fingerprint density at radius 2 is 2.00 bits per heavy atom. The van der Waals surface area contributed by atoms with Crippen LogP contribution in [0, 0.1) is 0 Å². The van der Waals surface area contributed by atoms with Gasteiger partial charge in [-0.25, -0.2) is 0 Å². The molecule has 0 unspecified atom stereocenters. The Morgan fingerprint density at radius 3 is 2.69 bits per heavy atom. The lowest BCUT2D eigenvalue weighted by Crippen LogP contribution is -2.41. The molecule has 1 amide bonds. The van der Waals surface area contributed by atoms with Gasteiger partial charge in [0.05, 0.1) is 38.7 Å². The van der Waals surface area contributed by atoms with Gasteiger partial charge in [0.2, 0.25) is 5.91 Å². The maximum Gasteiger partial charge on any atom is 0.233 e. The zero-order chi connectivity index (χ0) is 20.1. The lowest BCUT2D eigenvalue weighted by Gasteiger charge is -2.26. The van der Waals surface area contributed by atoms with Crippen LogP contribution in [0.2, 0.25) is 0 Å². The second-order valence-corrected chi connectivity index (χ2v) is 8.00. The summed E-state index contributed by atoms with van der Waals surface area (Å²) in [5.74, 6) is 2.02. The van der Waals surface area contributed by atoms with Gasteiger partial charge in [0, 0.05) is 25.3 Å². The first kappa shape index (κ1) is 20.2. The molecule has 2 saturated heterocycles. The molecule has 1 aromatic heterocycles. The van der Waals surface area contributed by atoms with Gasteiger partial charge in [0.15, 0.2) is 11.0 Å². The second kappa shape index (κ2) is 9.60. The minimum Gasteiger partial charge on any atom is -0.497 e. The topological polar surface area (TPSA) is 78.7 Å². The SMILES string of the molecule is COc1ccc(-c2nnc(SCC(=O)N3CCOCC3)n2C[C@H]2CCCO2)cc1. The highest BCUT2D eigenvalue weighted by atomic mass is 32.2. The van der Waals surface area contributed by atoms with Gasteiger partial charge in [-0.2, -0.15) is 0 Å². The highest BCUT2D eigenvalue weighted by Crippen LogP contribution is 2.28. The van der Waals surface area contributed by atoms with Gasteiger partial charge >= 0.3 is 0 Å². The summed E-state index contributed by atoms with van der Waals surface area (Å²) in [6.07, 6.45) is 2.25. The van der Waals surface area contributed by atoms with Crippen LogP contribution in [0.25, 0.3) is 11.4 Å². The summed E-state index contributed by atoms with van der Waals surface area (Å²) in [4.78, 5) is 14.4. The number of methoxy groups -OCH3 is 1. The van der Waals surface area contributed by atoms with Gasteiger partial charge in [0.25, 0.3) is 0 Å². The molecule has 9 heteroatoms. The van der Waals surface area contributed by atoms with E-state index in [2.05, 4.69) is 14.8 Å². The molecule has 0 bridgehead atoms. The molecular weight excluding hydrogens is 392 g/mol. The number of amides is 1. The monoisotopic (exact) mass is 418 g/mol. The van der Waals surface area contributed by atoms with Crippen LogP contribution < -0.4 is 4.74 Å². The van der Waals surface area contributed by atoms with E-state index in [9.17, 15) is 4.79 Å². The Bertz CT molecular complexity index is 814. The molecule has 2 aromatic rings. The number of aromatic nitrogens is 3. The molecule has 0 saturated carbocycles. The lowest BCUT2D eigenvalue weighted by atomic mass is 10.2. The summed E-state index contributed by atoms with van der Waals surface area (Å²) in [6, 6.07) is 7.77. The molecule has 4 rings (SSSR count). The Hall–Kier alpha value is -2.10. The molecule has 2 fully saturated rings. The average Bonchev–Trinajstić information content (AvgIpc) is 3.43. The van der Waals surface area contributed by atoms with Crippen molar-refractivity contribution >= 4 is 17.7 Å². The van der Waals surface area contributed by atoms with Crippen LogP contribution in [0.15, 0.2) is 29.4 Å². The van der Waals surface area contributed by atoms with Crippen molar-refractivity contribution in [2.45, 2.75) is 30.6 Å². The van der Waals surface area contributed by atoms with Crippen molar-refractivity contribution in [2.75, 3.05) is 45.8 Å². The number of benzene rings is 1. The maximum atomic E-state index is 12.5. The van der Waals surface area contributed by atoms with E-state index in [1.54, 1.807) is 7.11 Å². The number of rotatable bonds is 7. The van der Waals surface area contributed by atoms with Crippen molar-refractivity contribution in [2.24, 2.45) is 0 Å². The molecule has 2 aliphatic heterocycles. The largest absolute Gasteiger partial charge is 0.497 e. The molecule has 2 aliphatic rings. The van der Waals surface area contributed by atoms with Gasteiger partial charge in [-0.1, -0.05) is 11.8 Å². The van der Waals surface area contributed by atoms with E-state index < -0.39 is 0 Å². The van der Waals surface area contributed by atoms with Crippen LogP contribution in [0.3, 0.4) is 0 Å². The van der Waals surface area contributed by atoms with Crippen LogP contribution in [-0.4, -0.2) is 77.4 Å². The maximum absolute atomic E-state index is 12.5. The highest BCUT2D eigenvalue weighted by molar-refractivity contribution is 7.99. The first-order chi connectivity index (χ1) is 14.2. The second-order valence-electron chi connectivity index (χ2n) is 7.06. The fourth-order valence-electron chi connectivity index (χ4n) is 3.54. The van der Waals surface area contributed by atoms with Crippen molar-refractivity contribution in [1.29, 1.82) is 0 Å². The summed E-state index contributed by atoms with van der Waals surface area (Å²) in [5.41, 5.74) is 0.961. The molecule has 1 atom stereocenters. The molecular formula is C20H26N4O4S. The predicted octanol–water partition coefficient (Wildman–Crippen LogP) is 2.08. The van der Waals surface area contributed by atoms with Crippen molar-refractivity contribution in [3.63, 3.8) is 0 Å². The lowest BCUT2D eigenvalue weighted by molar-refractivity contribution is -0.132. The van der Waals surface area contributed by atoms with Gasteiger partial charge in [0.1, 0.15) is 5.75 Å². The van der Waals surface area contributed by atoms with Crippen LogP contribution in [0.1, 0.15) is 12.8 Å². The first-order valence-electron chi connectivity index (χ1n) is 9.92. The van der Waals surface area contributed by atoms with Crippen LogP contribution in [0.4, 0.5) is 0 Å². The fourth-order valence-corrected chi connectivity index (χ4v) is 4.39. The van der Waals surface area contributed by atoms with Gasteiger partial charge in [-0.05, 0) is 37.1 Å². The van der Waals surface area contributed by atoms with Crippen molar-refractivity contribution < 1.29 is 19.0 Å². The molecule has 0 spiro atoms. The Labute approximate surface area is 174 Å². The van der Waals surface area contributed by atoms with E-state index >= 15 is 0 Å². The Kier molecular flexibility index (Phi) is 6.68.